The zero-order valence-electron chi connectivity index (χ0n) is 13.6. The maximum atomic E-state index is 12.5. The number of aromatic nitrogens is 6. The van der Waals surface area contributed by atoms with Gasteiger partial charge in [-0.2, -0.15) is 8.78 Å². The molecule has 0 unspecified atom stereocenters. The summed E-state index contributed by atoms with van der Waals surface area (Å²) in [5, 5.41) is 15.8. The molecule has 136 valence electrons. The van der Waals surface area contributed by atoms with Gasteiger partial charge < -0.3 is 4.42 Å². The fraction of sp³-hybridized carbons (Fsp3) is 0.118. The predicted molar refractivity (Wildman–Crippen MR) is 92.1 cm³/mol. The molecule has 10 heteroatoms. The van der Waals surface area contributed by atoms with E-state index in [1.165, 1.54) is 6.20 Å². The van der Waals surface area contributed by atoms with Crippen molar-refractivity contribution in [2.75, 3.05) is 0 Å². The molecule has 0 aliphatic carbocycles. The molecule has 0 aliphatic rings. The van der Waals surface area contributed by atoms with Crippen molar-refractivity contribution in [1.29, 1.82) is 0 Å². The summed E-state index contributed by atoms with van der Waals surface area (Å²) in [6, 6.07) is 10.7. The molecule has 27 heavy (non-hydrogen) atoms. The van der Waals surface area contributed by atoms with E-state index < -0.39 is 12.3 Å². The summed E-state index contributed by atoms with van der Waals surface area (Å²) < 4.78 is 31.6. The third-order valence-electron chi connectivity index (χ3n) is 3.70. The zero-order valence-corrected chi connectivity index (χ0v) is 14.4. The Morgan fingerprint density at radius 2 is 1.78 bits per heavy atom. The summed E-state index contributed by atoms with van der Waals surface area (Å²) in [5.74, 6) is -0.721. The highest BCUT2D eigenvalue weighted by molar-refractivity contribution is 6.30. The fourth-order valence-corrected chi connectivity index (χ4v) is 2.50. The van der Waals surface area contributed by atoms with E-state index in [9.17, 15) is 8.78 Å². The van der Waals surface area contributed by atoms with Crippen LogP contribution in [0, 0.1) is 0 Å². The Kier molecular flexibility index (Phi) is 4.59. The molecule has 3 heterocycles. The highest BCUT2D eigenvalue weighted by Gasteiger charge is 2.17. The molecule has 0 fully saturated rings. The fourth-order valence-electron chi connectivity index (χ4n) is 2.38. The summed E-state index contributed by atoms with van der Waals surface area (Å²) >= 11 is 5.88. The Labute approximate surface area is 156 Å². The van der Waals surface area contributed by atoms with Crippen molar-refractivity contribution in [3.63, 3.8) is 0 Å². The number of nitrogens with zero attached hydrogens (tertiary/aromatic N) is 6. The van der Waals surface area contributed by atoms with Crippen molar-refractivity contribution in [2.45, 2.75) is 13.0 Å². The Balaban J connectivity index is 1.48. The smallest absolute Gasteiger partial charge is 0.314 e. The molecule has 4 rings (SSSR count). The van der Waals surface area contributed by atoms with Gasteiger partial charge in [0.1, 0.15) is 5.69 Å². The number of rotatable bonds is 5. The van der Waals surface area contributed by atoms with E-state index in [0.717, 1.165) is 5.56 Å². The minimum Gasteiger partial charge on any atom is -0.415 e. The van der Waals surface area contributed by atoms with Gasteiger partial charge in [0.05, 0.1) is 24.0 Å². The van der Waals surface area contributed by atoms with Crippen molar-refractivity contribution in [2.24, 2.45) is 0 Å². The first-order chi connectivity index (χ1) is 13.1. The first-order valence-electron chi connectivity index (χ1n) is 7.81. The van der Waals surface area contributed by atoms with Crippen LogP contribution in [0.25, 0.3) is 22.7 Å². The first-order valence-corrected chi connectivity index (χ1v) is 8.19. The van der Waals surface area contributed by atoms with Crippen LogP contribution >= 0.6 is 11.6 Å². The molecule has 0 aliphatic heterocycles. The number of halogens is 3. The van der Waals surface area contributed by atoms with E-state index >= 15 is 0 Å². The lowest BCUT2D eigenvalue weighted by molar-refractivity contribution is 0.116. The van der Waals surface area contributed by atoms with Crippen LogP contribution < -0.4 is 0 Å². The Morgan fingerprint density at radius 3 is 2.44 bits per heavy atom. The quantitative estimate of drug-likeness (QED) is 0.513. The molecule has 3 aromatic heterocycles. The summed E-state index contributed by atoms with van der Waals surface area (Å²) in [6.45, 7) is 0.396. The van der Waals surface area contributed by atoms with E-state index in [1.54, 1.807) is 35.1 Å². The lowest BCUT2D eigenvalue weighted by atomic mass is 10.2. The summed E-state index contributed by atoms with van der Waals surface area (Å²) in [5.41, 5.74) is 2.78. The zero-order chi connectivity index (χ0) is 18.8. The molecule has 0 atom stereocenters. The highest BCUT2D eigenvalue weighted by Crippen LogP contribution is 2.23. The van der Waals surface area contributed by atoms with Gasteiger partial charge in [0.25, 0.3) is 5.89 Å². The molecule has 0 spiro atoms. The third-order valence-corrected chi connectivity index (χ3v) is 3.95. The monoisotopic (exact) mass is 388 g/mol. The maximum Gasteiger partial charge on any atom is 0.314 e. The SMILES string of the molecule is FC(F)c1nnc(-c2ccc(Cn3cc(-c4ccc(Cl)cc4)nn3)nc2)o1. The van der Waals surface area contributed by atoms with Gasteiger partial charge in [-0.3, -0.25) is 4.98 Å². The average molecular weight is 389 g/mol. The van der Waals surface area contributed by atoms with Crippen molar-refractivity contribution >= 4 is 11.6 Å². The Morgan fingerprint density at radius 1 is 1.00 bits per heavy atom. The number of pyridine rings is 1. The molecule has 7 nitrogen and oxygen atoms in total. The van der Waals surface area contributed by atoms with Crippen LogP contribution in [0.4, 0.5) is 8.78 Å². The number of hydrogen-bond acceptors (Lipinski definition) is 6. The lowest BCUT2D eigenvalue weighted by Crippen LogP contribution is -2.02. The largest absolute Gasteiger partial charge is 0.415 e. The van der Waals surface area contributed by atoms with Crippen LogP contribution in [0.1, 0.15) is 18.0 Å². The molecule has 0 bridgehead atoms. The van der Waals surface area contributed by atoms with Crippen molar-refractivity contribution in [3.05, 3.63) is 65.4 Å². The molecule has 4 aromatic rings. The minimum atomic E-state index is -2.80. The predicted octanol–water partition coefficient (Wildman–Crippen LogP) is 4.03. The van der Waals surface area contributed by atoms with Gasteiger partial charge >= 0.3 is 6.43 Å². The molecule has 1 aromatic carbocycles. The van der Waals surface area contributed by atoms with Crippen LogP contribution in [0.3, 0.4) is 0 Å². The molecule has 0 radical (unpaired) electrons. The molecular weight excluding hydrogens is 378 g/mol. The van der Waals surface area contributed by atoms with Crippen LogP contribution in [-0.4, -0.2) is 30.2 Å². The van der Waals surface area contributed by atoms with Gasteiger partial charge in [-0.15, -0.1) is 15.3 Å². The first kappa shape index (κ1) is 17.2. The Hall–Kier alpha value is -3.20. The van der Waals surface area contributed by atoms with E-state index in [-0.39, 0.29) is 5.89 Å². The van der Waals surface area contributed by atoms with E-state index in [1.807, 2.05) is 12.1 Å². The van der Waals surface area contributed by atoms with Crippen molar-refractivity contribution < 1.29 is 13.2 Å². The van der Waals surface area contributed by atoms with Gasteiger partial charge in [0, 0.05) is 16.8 Å². The second-order valence-corrected chi connectivity index (χ2v) is 6.03. The standard InChI is InChI=1S/C17H11ClF2N6O/c18-12-4-1-10(2-5-12)14-9-26(25-22-14)8-13-6-3-11(7-21-13)16-23-24-17(27-16)15(19)20/h1-7,9,15H,8H2. The van der Waals surface area contributed by atoms with Gasteiger partial charge in [0.15, 0.2) is 0 Å². The minimum absolute atomic E-state index is 0.00451. The lowest BCUT2D eigenvalue weighted by Gasteiger charge is -2.01. The Bertz CT molecular complexity index is 1050. The topological polar surface area (TPSA) is 82.5 Å². The summed E-state index contributed by atoms with van der Waals surface area (Å²) in [4.78, 5) is 4.28. The van der Waals surface area contributed by atoms with Crippen LogP contribution in [0.2, 0.25) is 5.02 Å². The molecular formula is C17H11ClF2N6O. The van der Waals surface area contributed by atoms with Crippen molar-refractivity contribution in [3.8, 4) is 22.7 Å². The number of hydrogen-bond donors (Lipinski definition) is 0. The van der Waals surface area contributed by atoms with E-state index in [4.69, 9.17) is 16.0 Å². The molecule has 0 amide bonds. The average Bonchev–Trinajstić information content (AvgIpc) is 3.33. The van der Waals surface area contributed by atoms with E-state index in [0.29, 0.717) is 28.5 Å². The summed E-state index contributed by atoms with van der Waals surface area (Å²) in [7, 11) is 0. The van der Waals surface area contributed by atoms with Crippen LogP contribution in [-0.2, 0) is 6.54 Å². The van der Waals surface area contributed by atoms with Crippen LogP contribution in [0.5, 0.6) is 0 Å². The second-order valence-electron chi connectivity index (χ2n) is 5.59. The molecule has 0 N–H and O–H groups in total. The van der Waals surface area contributed by atoms with Crippen LogP contribution in [0.15, 0.2) is 53.2 Å². The highest BCUT2D eigenvalue weighted by atomic mass is 35.5. The normalized spacial score (nSPS) is 11.3. The van der Waals surface area contributed by atoms with Crippen molar-refractivity contribution in [1.82, 2.24) is 30.2 Å². The molecule has 0 saturated heterocycles. The van der Waals surface area contributed by atoms with Gasteiger partial charge in [0.2, 0.25) is 5.89 Å². The number of benzene rings is 1. The third kappa shape index (κ3) is 3.82. The van der Waals surface area contributed by atoms with Gasteiger partial charge in [-0.05, 0) is 24.3 Å². The number of alkyl halides is 2. The summed E-state index contributed by atoms with van der Waals surface area (Å²) in [6.07, 6.45) is 0.474. The van der Waals surface area contributed by atoms with E-state index in [2.05, 4.69) is 25.5 Å². The molecule has 0 saturated carbocycles. The van der Waals surface area contributed by atoms with Gasteiger partial charge in [-0.1, -0.05) is 28.9 Å². The second kappa shape index (κ2) is 7.20. The van der Waals surface area contributed by atoms with Gasteiger partial charge in [-0.25, -0.2) is 4.68 Å². The maximum absolute atomic E-state index is 12.5.